The van der Waals surface area contributed by atoms with Crippen LogP contribution < -0.4 is 0 Å². The minimum Gasteiger partial charge on any atom is -0.480 e. The number of carboxylic acid groups (broad SMARTS) is 1. The van der Waals surface area contributed by atoms with Gasteiger partial charge in [-0.3, -0.25) is 9.69 Å². The van der Waals surface area contributed by atoms with Crippen molar-refractivity contribution in [1.82, 2.24) is 4.90 Å². The largest absolute Gasteiger partial charge is 0.480 e. The van der Waals surface area contributed by atoms with Crippen LogP contribution in [0.25, 0.3) is 0 Å². The molecule has 0 amide bonds. The van der Waals surface area contributed by atoms with Crippen LogP contribution in [0, 0.1) is 0 Å². The molecule has 0 aliphatic carbocycles. The monoisotopic (exact) mass is 393 g/mol. The van der Waals surface area contributed by atoms with Crippen LogP contribution in [0.4, 0.5) is 0 Å². The van der Waals surface area contributed by atoms with Gasteiger partial charge in [0.1, 0.15) is 6.04 Å². The first-order valence-corrected chi connectivity index (χ1v) is 9.53. The number of carboxylic acids is 1. The Bertz CT molecular complexity index is 683. The van der Waals surface area contributed by atoms with E-state index >= 15 is 0 Å². The van der Waals surface area contributed by atoms with Gasteiger partial charge in [0.25, 0.3) is 0 Å². The van der Waals surface area contributed by atoms with Crippen LogP contribution in [0.3, 0.4) is 0 Å². The Morgan fingerprint density at radius 2 is 2.09 bits per heavy atom. The van der Waals surface area contributed by atoms with E-state index in [1.165, 1.54) is 9.75 Å². The van der Waals surface area contributed by atoms with Gasteiger partial charge in [0.2, 0.25) is 0 Å². The zero-order valence-corrected chi connectivity index (χ0v) is 15.4. The van der Waals surface area contributed by atoms with Gasteiger partial charge in [-0.2, -0.15) is 0 Å². The Labute approximate surface area is 149 Å². The average molecular weight is 394 g/mol. The van der Waals surface area contributed by atoms with E-state index < -0.39 is 12.0 Å². The molecule has 3 rings (SSSR count). The van der Waals surface area contributed by atoms with E-state index in [4.69, 9.17) is 0 Å². The molecule has 1 aromatic carbocycles. The molecule has 2 unspecified atom stereocenters. The molecule has 1 aromatic heterocycles. The number of hydrogen-bond acceptors (Lipinski definition) is 3. The lowest BCUT2D eigenvalue weighted by Crippen LogP contribution is -2.38. The molecule has 23 heavy (non-hydrogen) atoms. The smallest absolute Gasteiger partial charge is 0.320 e. The van der Waals surface area contributed by atoms with Crippen molar-refractivity contribution in [2.24, 2.45) is 0 Å². The van der Waals surface area contributed by atoms with Crippen molar-refractivity contribution in [1.29, 1.82) is 0 Å². The fourth-order valence-electron chi connectivity index (χ4n) is 3.26. The van der Waals surface area contributed by atoms with Gasteiger partial charge >= 0.3 is 5.97 Å². The second kappa shape index (κ2) is 7.16. The fourth-order valence-corrected chi connectivity index (χ4v) is 4.63. The first-order chi connectivity index (χ1) is 11.1. The number of aliphatic carboxylic acids is 1. The van der Waals surface area contributed by atoms with Crippen LogP contribution in [0.5, 0.6) is 0 Å². The predicted molar refractivity (Wildman–Crippen MR) is 97.0 cm³/mol. The van der Waals surface area contributed by atoms with Crippen LogP contribution in [-0.2, 0) is 11.2 Å². The summed E-state index contributed by atoms with van der Waals surface area (Å²) in [6.07, 6.45) is 2.68. The van der Waals surface area contributed by atoms with E-state index in [2.05, 4.69) is 52.0 Å². The lowest BCUT2D eigenvalue weighted by molar-refractivity contribution is -0.142. The molecular weight excluding hydrogens is 374 g/mol. The highest BCUT2D eigenvalue weighted by Crippen LogP contribution is 2.38. The maximum atomic E-state index is 11.6. The Balaban J connectivity index is 2.02. The summed E-state index contributed by atoms with van der Waals surface area (Å²) in [5, 5.41) is 9.58. The van der Waals surface area contributed by atoms with Gasteiger partial charge in [0.15, 0.2) is 0 Å². The summed E-state index contributed by atoms with van der Waals surface area (Å²) in [6, 6.07) is 12.2. The van der Waals surface area contributed by atoms with Crippen molar-refractivity contribution in [2.45, 2.75) is 38.3 Å². The fraction of sp³-hybridized carbons (Fsp3) is 0.389. The van der Waals surface area contributed by atoms with Crippen LogP contribution in [-0.4, -0.2) is 28.6 Å². The van der Waals surface area contributed by atoms with Crippen LogP contribution in [0.15, 0.2) is 40.9 Å². The van der Waals surface area contributed by atoms with E-state index in [9.17, 15) is 9.90 Å². The third kappa shape index (κ3) is 3.52. The SMILES string of the molecule is CCc1ccc(C(c2ccc(Br)cc2)N2CCCC2C(=O)O)s1. The molecular formula is C18H20BrNO2S. The molecule has 1 aliphatic rings. The average Bonchev–Trinajstić information content (AvgIpc) is 3.19. The van der Waals surface area contributed by atoms with E-state index in [-0.39, 0.29) is 6.04 Å². The minimum atomic E-state index is -0.711. The maximum absolute atomic E-state index is 11.6. The summed E-state index contributed by atoms with van der Waals surface area (Å²) < 4.78 is 1.04. The number of benzene rings is 1. The topological polar surface area (TPSA) is 40.5 Å². The number of thiophene rings is 1. The second-order valence-corrected chi connectivity index (χ2v) is 7.96. The quantitative estimate of drug-likeness (QED) is 0.799. The van der Waals surface area contributed by atoms with E-state index in [1.807, 2.05) is 12.1 Å². The van der Waals surface area contributed by atoms with E-state index in [1.54, 1.807) is 11.3 Å². The molecule has 0 spiro atoms. The summed E-state index contributed by atoms with van der Waals surface area (Å²) in [5.41, 5.74) is 1.16. The zero-order valence-electron chi connectivity index (χ0n) is 13.0. The Hall–Kier alpha value is -1.17. The molecule has 1 saturated heterocycles. The summed E-state index contributed by atoms with van der Waals surface area (Å²) in [6.45, 7) is 2.98. The molecule has 2 atom stereocenters. The highest BCUT2D eigenvalue weighted by Gasteiger charge is 2.37. The normalized spacial score (nSPS) is 19.8. The number of nitrogens with zero attached hydrogens (tertiary/aromatic N) is 1. The highest BCUT2D eigenvalue weighted by atomic mass is 79.9. The highest BCUT2D eigenvalue weighted by molar-refractivity contribution is 9.10. The molecule has 3 nitrogen and oxygen atoms in total. The molecule has 2 heterocycles. The number of halogens is 1. The summed E-state index contributed by atoms with van der Waals surface area (Å²) in [4.78, 5) is 16.4. The van der Waals surface area contributed by atoms with Gasteiger partial charge in [-0.05, 0) is 49.1 Å². The van der Waals surface area contributed by atoms with E-state index in [0.717, 1.165) is 35.8 Å². The first-order valence-electron chi connectivity index (χ1n) is 7.92. The Morgan fingerprint density at radius 3 is 2.70 bits per heavy atom. The van der Waals surface area contributed by atoms with Gasteiger partial charge in [0.05, 0.1) is 6.04 Å². The molecule has 1 N–H and O–H groups in total. The maximum Gasteiger partial charge on any atom is 0.320 e. The minimum absolute atomic E-state index is 0.0250. The van der Waals surface area contributed by atoms with Crippen LogP contribution in [0.1, 0.15) is 41.1 Å². The number of carbonyl (C=O) groups is 1. The zero-order chi connectivity index (χ0) is 16.4. The molecule has 0 bridgehead atoms. The Morgan fingerprint density at radius 1 is 1.35 bits per heavy atom. The molecule has 0 radical (unpaired) electrons. The number of likely N-dealkylation sites (tertiary alicyclic amines) is 1. The van der Waals surface area contributed by atoms with Gasteiger partial charge in [-0.15, -0.1) is 11.3 Å². The van der Waals surface area contributed by atoms with Gasteiger partial charge < -0.3 is 5.11 Å². The first kappa shape index (κ1) is 16.7. The van der Waals surface area contributed by atoms with Gasteiger partial charge in [-0.1, -0.05) is 35.0 Å². The standard InChI is InChI=1S/C18H20BrNO2S/c1-2-14-9-10-16(23-14)17(12-5-7-13(19)8-6-12)20-11-3-4-15(20)18(21)22/h5-10,15,17H,2-4,11H2,1H3,(H,21,22). The molecule has 0 saturated carbocycles. The van der Waals surface area contributed by atoms with Crippen molar-refractivity contribution >= 4 is 33.2 Å². The molecule has 2 aromatic rings. The van der Waals surface area contributed by atoms with Gasteiger partial charge in [-0.25, -0.2) is 0 Å². The lowest BCUT2D eigenvalue weighted by Gasteiger charge is -2.31. The number of rotatable bonds is 5. The van der Waals surface area contributed by atoms with Crippen molar-refractivity contribution in [3.05, 3.63) is 56.2 Å². The third-order valence-corrected chi connectivity index (χ3v) is 6.21. The predicted octanol–water partition coefficient (Wildman–Crippen LogP) is 4.71. The second-order valence-electron chi connectivity index (χ2n) is 5.85. The number of aryl methyl sites for hydroxylation is 1. The van der Waals surface area contributed by atoms with Crippen molar-refractivity contribution in [3.8, 4) is 0 Å². The summed E-state index contributed by atoms with van der Waals surface area (Å²) in [5.74, 6) is -0.711. The molecule has 1 fully saturated rings. The Kier molecular flexibility index (Phi) is 5.19. The van der Waals surface area contributed by atoms with Crippen molar-refractivity contribution < 1.29 is 9.90 Å². The molecule has 5 heteroatoms. The lowest BCUT2D eigenvalue weighted by atomic mass is 10.0. The van der Waals surface area contributed by atoms with Crippen LogP contribution in [0.2, 0.25) is 0 Å². The summed E-state index contributed by atoms with van der Waals surface area (Å²) in [7, 11) is 0. The molecule has 122 valence electrons. The number of hydrogen-bond donors (Lipinski definition) is 1. The molecule has 1 aliphatic heterocycles. The van der Waals surface area contributed by atoms with Crippen molar-refractivity contribution in [3.63, 3.8) is 0 Å². The van der Waals surface area contributed by atoms with Crippen molar-refractivity contribution in [2.75, 3.05) is 6.54 Å². The van der Waals surface area contributed by atoms with Crippen LogP contribution >= 0.6 is 27.3 Å². The summed E-state index contributed by atoms with van der Waals surface area (Å²) >= 11 is 5.27. The third-order valence-electron chi connectivity index (χ3n) is 4.40. The van der Waals surface area contributed by atoms with Gasteiger partial charge in [0, 0.05) is 20.8 Å². The van der Waals surface area contributed by atoms with E-state index in [0.29, 0.717) is 0 Å².